The van der Waals surface area contributed by atoms with Crippen LogP contribution in [0.15, 0.2) is 28.7 Å². The number of nitrogens with one attached hydrogen (secondary N) is 1. The SMILES string of the molecule is CC(C)(C)OC(=O)NCC(CN)c1cccc(Br)c1. The molecular weight excluding hydrogens is 308 g/mol. The van der Waals surface area contributed by atoms with Gasteiger partial charge in [-0.1, -0.05) is 28.1 Å². The summed E-state index contributed by atoms with van der Waals surface area (Å²) in [7, 11) is 0. The van der Waals surface area contributed by atoms with Crippen molar-refractivity contribution < 1.29 is 9.53 Å². The number of halogens is 1. The number of carbonyl (C=O) groups is 1. The van der Waals surface area contributed by atoms with Gasteiger partial charge in [-0.15, -0.1) is 0 Å². The van der Waals surface area contributed by atoms with Crippen molar-refractivity contribution in [1.29, 1.82) is 0 Å². The van der Waals surface area contributed by atoms with Crippen molar-refractivity contribution in [1.82, 2.24) is 5.32 Å². The first-order chi connectivity index (χ1) is 8.81. The zero-order chi connectivity index (χ0) is 14.5. The van der Waals surface area contributed by atoms with Crippen LogP contribution in [0, 0.1) is 0 Å². The molecule has 19 heavy (non-hydrogen) atoms. The second-order valence-corrected chi connectivity index (χ2v) is 6.29. The second-order valence-electron chi connectivity index (χ2n) is 5.37. The summed E-state index contributed by atoms with van der Waals surface area (Å²) in [5, 5.41) is 2.75. The minimum absolute atomic E-state index is 0.0741. The van der Waals surface area contributed by atoms with Gasteiger partial charge in [0, 0.05) is 23.5 Å². The van der Waals surface area contributed by atoms with Crippen LogP contribution < -0.4 is 11.1 Å². The molecule has 0 aliphatic carbocycles. The van der Waals surface area contributed by atoms with E-state index in [4.69, 9.17) is 10.5 Å². The van der Waals surface area contributed by atoms with Crippen molar-refractivity contribution in [3.05, 3.63) is 34.3 Å². The monoisotopic (exact) mass is 328 g/mol. The summed E-state index contributed by atoms with van der Waals surface area (Å²) in [5.41, 5.74) is 6.36. The van der Waals surface area contributed by atoms with E-state index in [0.717, 1.165) is 10.0 Å². The van der Waals surface area contributed by atoms with E-state index in [2.05, 4.69) is 21.2 Å². The van der Waals surface area contributed by atoms with Crippen molar-refractivity contribution in [2.75, 3.05) is 13.1 Å². The third kappa shape index (κ3) is 6.07. The molecule has 0 spiro atoms. The van der Waals surface area contributed by atoms with Crippen molar-refractivity contribution in [3.63, 3.8) is 0 Å². The topological polar surface area (TPSA) is 64.3 Å². The molecule has 4 nitrogen and oxygen atoms in total. The van der Waals surface area contributed by atoms with Crippen LogP contribution in [0.1, 0.15) is 32.3 Å². The number of rotatable bonds is 4. The highest BCUT2D eigenvalue weighted by Crippen LogP contribution is 2.19. The van der Waals surface area contributed by atoms with Crippen molar-refractivity contribution in [2.24, 2.45) is 5.73 Å². The number of hydrogen-bond acceptors (Lipinski definition) is 3. The number of nitrogens with two attached hydrogens (primary N) is 1. The van der Waals surface area contributed by atoms with Gasteiger partial charge in [0.2, 0.25) is 0 Å². The molecule has 1 aromatic carbocycles. The van der Waals surface area contributed by atoms with E-state index in [9.17, 15) is 4.79 Å². The van der Waals surface area contributed by atoms with Gasteiger partial charge >= 0.3 is 6.09 Å². The van der Waals surface area contributed by atoms with Gasteiger partial charge in [-0.05, 0) is 38.5 Å². The van der Waals surface area contributed by atoms with E-state index < -0.39 is 11.7 Å². The number of ether oxygens (including phenoxy) is 1. The minimum atomic E-state index is -0.488. The molecule has 0 aliphatic rings. The maximum Gasteiger partial charge on any atom is 0.407 e. The van der Waals surface area contributed by atoms with E-state index in [1.165, 1.54) is 0 Å². The molecule has 106 valence electrons. The van der Waals surface area contributed by atoms with E-state index in [1.807, 2.05) is 45.0 Å². The molecule has 0 aliphatic heterocycles. The summed E-state index contributed by atoms with van der Waals surface area (Å²) >= 11 is 3.43. The average molecular weight is 329 g/mol. The maximum absolute atomic E-state index is 11.6. The van der Waals surface area contributed by atoms with Crippen LogP contribution in [0.25, 0.3) is 0 Å². The quantitative estimate of drug-likeness (QED) is 0.892. The molecule has 3 N–H and O–H groups in total. The lowest BCUT2D eigenvalue weighted by Gasteiger charge is -2.21. The molecule has 0 bridgehead atoms. The zero-order valence-corrected chi connectivity index (χ0v) is 13.2. The normalized spacial score (nSPS) is 12.9. The summed E-state index contributed by atoms with van der Waals surface area (Å²) in [5.74, 6) is 0.0741. The lowest BCUT2D eigenvalue weighted by atomic mass is 9.99. The third-order valence-electron chi connectivity index (χ3n) is 2.50. The molecule has 1 unspecified atom stereocenters. The highest BCUT2D eigenvalue weighted by atomic mass is 79.9. The molecule has 0 fully saturated rings. The van der Waals surface area contributed by atoms with Gasteiger partial charge in [0.05, 0.1) is 0 Å². The van der Waals surface area contributed by atoms with Gasteiger partial charge in [-0.3, -0.25) is 0 Å². The molecule has 1 atom stereocenters. The molecule has 0 radical (unpaired) electrons. The van der Waals surface area contributed by atoms with Crippen molar-refractivity contribution in [2.45, 2.75) is 32.3 Å². The average Bonchev–Trinajstić information content (AvgIpc) is 2.27. The Balaban J connectivity index is 2.56. The van der Waals surface area contributed by atoms with Crippen LogP contribution >= 0.6 is 15.9 Å². The van der Waals surface area contributed by atoms with Gasteiger partial charge in [0.25, 0.3) is 0 Å². The lowest BCUT2D eigenvalue weighted by Crippen LogP contribution is -2.36. The van der Waals surface area contributed by atoms with Gasteiger partial charge in [-0.2, -0.15) is 0 Å². The van der Waals surface area contributed by atoms with Crippen LogP contribution in [0.4, 0.5) is 4.79 Å². The fraction of sp³-hybridized carbons (Fsp3) is 0.500. The maximum atomic E-state index is 11.6. The summed E-state index contributed by atoms with van der Waals surface area (Å²) in [4.78, 5) is 11.6. The molecule has 0 aromatic heterocycles. The predicted octanol–water partition coefficient (Wildman–Crippen LogP) is 3.02. The van der Waals surface area contributed by atoms with Gasteiger partial charge < -0.3 is 15.8 Å². The fourth-order valence-electron chi connectivity index (χ4n) is 1.62. The molecule has 1 aromatic rings. The van der Waals surface area contributed by atoms with E-state index in [-0.39, 0.29) is 5.92 Å². The zero-order valence-electron chi connectivity index (χ0n) is 11.6. The minimum Gasteiger partial charge on any atom is -0.444 e. The van der Waals surface area contributed by atoms with Crippen LogP contribution in [0.5, 0.6) is 0 Å². The smallest absolute Gasteiger partial charge is 0.407 e. The van der Waals surface area contributed by atoms with Crippen molar-refractivity contribution >= 4 is 22.0 Å². The van der Waals surface area contributed by atoms with Crippen LogP contribution in [0.2, 0.25) is 0 Å². The summed E-state index contributed by atoms with van der Waals surface area (Å²) < 4.78 is 6.19. The Labute approximate surface area is 122 Å². The van der Waals surface area contributed by atoms with E-state index in [1.54, 1.807) is 0 Å². The Morgan fingerprint density at radius 2 is 2.16 bits per heavy atom. The van der Waals surface area contributed by atoms with Gasteiger partial charge in [0.15, 0.2) is 0 Å². The highest BCUT2D eigenvalue weighted by Gasteiger charge is 2.17. The molecular formula is C14H21BrN2O2. The van der Waals surface area contributed by atoms with E-state index >= 15 is 0 Å². The van der Waals surface area contributed by atoms with Crippen LogP contribution in [-0.2, 0) is 4.74 Å². The first-order valence-corrected chi connectivity index (χ1v) is 7.03. The van der Waals surface area contributed by atoms with E-state index in [0.29, 0.717) is 13.1 Å². The number of alkyl carbamates (subject to hydrolysis) is 1. The third-order valence-corrected chi connectivity index (χ3v) is 2.99. The van der Waals surface area contributed by atoms with Gasteiger partial charge in [0.1, 0.15) is 5.60 Å². The Kier molecular flexibility index (Phi) is 5.82. The molecule has 1 amide bonds. The van der Waals surface area contributed by atoms with Crippen LogP contribution in [0.3, 0.4) is 0 Å². The molecule has 0 heterocycles. The molecule has 0 saturated carbocycles. The lowest BCUT2D eigenvalue weighted by molar-refractivity contribution is 0.0525. The van der Waals surface area contributed by atoms with Crippen LogP contribution in [-0.4, -0.2) is 24.8 Å². The Bertz CT molecular complexity index is 430. The van der Waals surface area contributed by atoms with Gasteiger partial charge in [-0.25, -0.2) is 4.79 Å². The standard InChI is InChI=1S/C14H21BrN2O2/c1-14(2,3)19-13(18)17-9-11(8-16)10-5-4-6-12(15)7-10/h4-7,11H,8-9,16H2,1-3H3,(H,17,18). The largest absolute Gasteiger partial charge is 0.444 e. The Hall–Kier alpha value is -1.07. The number of carbonyl (C=O) groups excluding carboxylic acids is 1. The van der Waals surface area contributed by atoms with Crippen molar-refractivity contribution in [3.8, 4) is 0 Å². The number of hydrogen-bond donors (Lipinski definition) is 2. The highest BCUT2D eigenvalue weighted by molar-refractivity contribution is 9.10. The predicted molar refractivity (Wildman–Crippen MR) is 80.2 cm³/mol. The number of benzene rings is 1. The molecule has 5 heteroatoms. The first kappa shape index (κ1) is 16.0. The first-order valence-electron chi connectivity index (χ1n) is 6.24. The summed E-state index contributed by atoms with van der Waals surface area (Å²) in [6.45, 7) is 6.43. The number of amides is 1. The fourth-order valence-corrected chi connectivity index (χ4v) is 2.04. The second kappa shape index (κ2) is 6.91. The summed E-state index contributed by atoms with van der Waals surface area (Å²) in [6, 6.07) is 7.92. The Morgan fingerprint density at radius 3 is 2.68 bits per heavy atom. The Morgan fingerprint density at radius 1 is 1.47 bits per heavy atom. The molecule has 0 saturated heterocycles. The molecule has 1 rings (SSSR count). The summed E-state index contributed by atoms with van der Waals surface area (Å²) in [6.07, 6.45) is -0.416.